The highest BCUT2D eigenvalue weighted by Crippen LogP contribution is 2.32. The van der Waals surface area contributed by atoms with Crippen LogP contribution in [0.3, 0.4) is 0 Å². The van der Waals surface area contributed by atoms with Crippen molar-refractivity contribution in [3.05, 3.63) is 39.9 Å². The Morgan fingerprint density at radius 3 is 2.45 bits per heavy atom. The van der Waals surface area contributed by atoms with Crippen molar-refractivity contribution in [2.45, 2.75) is 71.9 Å². The summed E-state index contributed by atoms with van der Waals surface area (Å²) in [4.78, 5) is 40.8. The van der Waals surface area contributed by atoms with Gasteiger partial charge < -0.3 is 16.8 Å². The van der Waals surface area contributed by atoms with Gasteiger partial charge in [0.15, 0.2) is 5.69 Å². The average molecular weight is 472 g/mol. The van der Waals surface area contributed by atoms with Crippen molar-refractivity contribution in [2.24, 2.45) is 11.7 Å². The zero-order chi connectivity index (χ0) is 24.3. The van der Waals surface area contributed by atoms with Crippen LogP contribution in [0.2, 0.25) is 0 Å². The van der Waals surface area contributed by atoms with Gasteiger partial charge in [0, 0.05) is 11.7 Å². The number of carbonyl (C=O) groups excluding carboxylic acids is 3. The van der Waals surface area contributed by atoms with Gasteiger partial charge in [0.05, 0.1) is 5.69 Å². The van der Waals surface area contributed by atoms with E-state index in [1.165, 1.54) is 4.90 Å². The van der Waals surface area contributed by atoms with E-state index in [0.29, 0.717) is 12.1 Å². The van der Waals surface area contributed by atoms with Gasteiger partial charge >= 0.3 is 0 Å². The zero-order valence-electron chi connectivity index (χ0n) is 19.7. The van der Waals surface area contributed by atoms with Gasteiger partial charge in [0.25, 0.3) is 11.8 Å². The average Bonchev–Trinajstić information content (AvgIpc) is 3.39. The van der Waals surface area contributed by atoms with Gasteiger partial charge in [0.1, 0.15) is 10.9 Å². The van der Waals surface area contributed by atoms with E-state index < -0.39 is 17.9 Å². The number of aromatic nitrogens is 1. The first-order valence-corrected chi connectivity index (χ1v) is 12.1. The number of benzene rings is 1. The molecule has 0 aliphatic heterocycles. The fourth-order valence-electron chi connectivity index (χ4n) is 4.28. The van der Waals surface area contributed by atoms with Crippen LogP contribution in [-0.4, -0.2) is 34.2 Å². The van der Waals surface area contributed by atoms with E-state index in [0.717, 1.165) is 48.3 Å². The van der Waals surface area contributed by atoms with Crippen molar-refractivity contribution < 1.29 is 14.4 Å². The van der Waals surface area contributed by atoms with Crippen molar-refractivity contribution in [1.29, 1.82) is 0 Å². The van der Waals surface area contributed by atoms with E-state index in [1.807, 2.05) is 45.9 Å². The molecule has 0 spiro atoms. The molecular formula is C24H33N5O3S. The predicted octanol–water partition coefficient (Wildman–Crippen LogP) is 3.56. The van der Waals surface area contributed by atoms with Gasteiger partial charge in [-0.2, -0.15) is 4.37 Å². The third kappa shape index (κ3) is 5.52. The molecule has 1 aliphatic carbocycles. The van der Waals surface area contributed by atoms with E-state index >= 15 is 0 Å². The Hall–Kier alpha value is -2.94. The Morgan fingerprint density at radius 2 is 1.88 bits per heavy atom. The molecule has 1 atom stereocenters. The second kappa shape index (κ2) is 10.3. The standard InChI is InChI=1S/C24H33N5O3S/c1-13(2)11-18(23(31)27-16-7-5-6-8-16)29(17-12-14(3)9-10-15(17)4)24(32)21-19(25)20(22(26)30)28-33-21/h9-10,12-13,16,18H,5-8,11,25H2,1-4H3,(H2,26,30)(H,27,31). The first-order chi connectivity index (χ1) is 15.6. The minimum atomic E-state index is -0.793. The van der Waals surface area contributed by atoms with Gasteiger partial charge in [-0.05, 0) is 67.8 Å². The van der Waals surface area contributed by atoms with Crippen LogP contribution in [0, 0.1) is 19.8 Å². The predicted molar refractivity (Wildman–Crippen MR) is 131 cm³/mol. The van der Waals surface area contributed by atoms with Crippen molar-refractivity contribution in [1.82, 2.24) is 9.69 Å². The summed E-state index contributed by atoms with van der Waals surface area (Å²) in [5.74, 6) is -1.27. The number of hydrogen-bond donors (Lipinski definition) is 3. The molecule has 3 rings (SSSR count). The van der Waals surface area contributed by atoms with Crippen molar-refractivity contribution in [2.75, 3.05) is 10.6 Å². The maximum absolute atomic E-state index is 13.9. The number of nitrogen functional groups attached to an aromatic ring is 1. The molecule has 33 heavy (non-hydrogen) atoms. The lowest BCUT2D eigenvalue weighted by Gasteiger charge is -2.34. The van der Waals surface area contributed by atoms with Gasteiger partial charge in [-0.15, -0.1) is 0 Å². The molecule has 9 heteroatoms. The molecule has 0 saturated heterocycles. The number of primary amides is 1. The highest BCUT2D eigenvalue weighted by molar-refractivity contribution is 7.09. The summed E-state index contributed by atoms with van der Waals surface area (Å²) >= 11 is 0.828. The summed E-state index contributed by atoms with van der Waals surface area (Å²) < 4.78 is 3.99. The maximum atomic E-state index is 13.9. The Morgan fingerprint density at radius 1 is 1.21 bits per heavy atom. The number of aryl methyl sites for hydroxylation is 2. The topological polar surface area (TPSA) is 131 Å². The summed E-state index contributed by atoms with van der Waals surface area (Å²) in [6, 6.07) is 5.17. The minimum absolute atomic E-state index is 0.0488. The number of nitrogens with zero attached hydrogens (tertiary/aromatic N) is 2. The molecular weight excluding hydrogens is 438 g/mol. The molecule has 1 aliphatic rings. The number of hydrogen-bond acceptors (Lipinski definition) is 6. The number of carbonyl (C=O) groups is 3. The molecule has 178 valence electrons. The van der Waals surface area contributed by atoms with E-state index in [9.17, 15) is 14.4 Å². The first-order valence-electron chi connectivity index (χ1n) is 11.4. The van der Waals surface area contributed by atoms with Crippen LogP contribution in [0.5, 0.6) is 0 Å². The molecule has 1 saturated carbocycles. The number of nitrogens with one attached hydrogen (secondary N) is 1. The molecule has 1 aromatic heterocycles. The zero-order valence-corrected chi connectivity index (χ0v) is 20.5. The Bertz CT molecular complexity index is 1040. The molecule has 0 bridgehead atoms. The van der Waals surface area contributed by atoms with Crippen LogP contribution in [0.1, 0.15) is 77.2 Å². The second-order valence-electron chi connectivity index (χ2n) is 9.24. The molecule has 5 N–H and O–H groups in total. The van der Waals surface area contributed by atoms with Crippen LogP contribution < -0.4 is 21.7 Å². The smallest absolute Gasteiger partial charge is 0.272 e. The third-order valence-corrected chi connectivity index (χ3v) is 6.86. The summed E-state index contributed by atoms with van der Waals surface area (Å²) in [7, 11) is 0. The first kappa shape index (κ1) is 24.7. The van der Waals surface area contributed by atoms with Crippen LogP contribution in [0.25, 0.3) is 0 Å². The van der Waals surface area contributed by atoms with Gasteiger partial charge in [-0.1, -0.05) is 38.8 Å². The summed E-state index contributed by atoms with van der Waals surface area (Å²) in [5.41, 5.74) is 13.7. The third-order valence-electron chi connectivity index (χ3n) is 6.01. The summed E-state index contributed by atoms with van der Waals surface area (Å²) in [6.45, 7) is 7.89. The van der Waals surface area contributed by atoms with Crippen molar-refractivity contribution in [3.8, 4) is 0 Å². The van der Waals surface area contributed by atoms with Crippen LogP contribution in [-0.2, 0) is 4.79 Å². The van der Waals surface area contributed by atoms with Gasteiger partial charge in [0.2, 0.25) is 5.91 Å². The second-order valence-corrected chi connectivity index (χ2v) is 10.0. The fourth-order valence-corrected chi connectivity index (χ4v) is 5.02. The van der Waals surface area contributed by atoms with E-state index in [-0.39, 0.29) is 34.1 Å². The molecule has 1 heterocycles. The molecule has 3 amide bonds. The largest absolute Gasteiger partial charge is 0.395 e. The number of anilines is 2. The molecule has 1 aromatic carbocycles. The number of amides is 3. The maximum Gasteiger partial charge on any atom is 0.272 e. The van der Waals surface area contributed by atoms with Gasteiger partial charge in [-0.3, -0.25) is 19.3 Å². The summed E-state index contributed by atoms with van der Waals surface area (Å²) in [6.07, 6.45) is 4.54. The lowest BCUT2D eigenvalue weighted by molar-refractivity contribution is -0.123. The molecule has 1 unspecified atom stereocenters. The molecule has 8 nitrogen and oxygen atoms in total. The quantitative estimate of drug-likeness (QED) is 0.542. The fraction of sp³-hybridized carbons (Fsp3) is 0.500. The van der Waals surface area contributed by atoms with Gasteiger partial charge in [-0.25, -0.2) is 0 Å². The molecule has 1 fully saturated rings. The SMILES string of the molecule is Cc1ccc(C)c(N(C(=O)c2snc(C(N)=O)c2N)C(CC(C)C)C(=O)NC2CCCC2)c1. The summed E-state index contributed by atoms with van der Waals surface area (Å²) in [5, 5.41) is 3.16. The Balaban J connectivity index is 2.10. The lowest BCUT2D eigenvalue weighted by Crippen LogP contribution is -2.52. The Kier molecular flexibility index (Phi) is 7.73. The molecule has 0 radical (unpaired) electrons. The van der Waals surface area contributed by atoms with Crippen LogP contribution >= 0.6 is 11.5 Å². The minimum Gasteiger partial charge on any atom is -0.395 e. The van der Waals surface area contributed by atoms with Crippen molar-refractivity contribution in [3.63, 3.8) is 0 Å². The molecule has 2 aromatic rings. The van der Waals surface area contributed by atoms with E-state index in [1.54, 1.807) is 0 Å². The lowest BCUT2D eigenvalue weighted by atomic mass is 9.98. The monoisotopic (exact) mass is 471 g/mol. The highest BCUT2D eigenvalue weighted by Gasteiger charge is 2.36. The highest BCUT2D eigenvalue weighted by atomic mass is 32.1. The van der Waals surface area contributed by atoms with Crippen molar-refractivity contribution >= 4 is 40.6 Å². The van der Waals surface area contributed by atoms with Crippen LogP contribution in [0.15, 0.2) is 18.2 Å². The van der Waals surface area contributed by atoms with E-state index in [4.69, 9.17) is 11.5 Å². The normalized spacial score (nSPS) is 14.9. The van der Waals surface area contributed by atoms with Crippen LogP contribution in [0.4, 0.5) is 11.4 Å². The Labute approximate surface area is 198 Å². The van der Waals surface area contributed by atoms with E-state index in [2.05, 4.69) is 9.69 Å². The number of rotatable bonds is 8. The number of nitrogens with two attached hydrogens (primary N) is 2.